The number of halogens is 1. The smallest absolute Gasteiger partial charge is 0.0336 e. The van der Waals surface area contributed by atoms with E-state index in [-0.39, 0.29) is 0 Å². The minimum absolute atomic E-state index is 0.441. The lowest BCUT2D eigenvalue weighted by molar-refractivity contribution is 0.518. The summed E-state index contributed by atoms with van der Waals surface area (Å²) in [7, 11) is 0. The van der Waals surface area contributed by atoms with E-state index in [4.69, 9.17) is 11.6 Å². The maximum absolute atomic E-state index is 6.54. The molecule has 0 rings (SSSR count). The third kappa shape index (κ3) is 26.3. The summed E-state index contributed by atoms with van der Waals surface area (Å²) in [6.07, 6.45) is 35.4. The predicted octanol–water partition coefficient (Wildman–Crippen LogP) is 11.4. The van der Waals surface area contributed by atoms with E-state index in [0.29, 0.717) is 5.38 Å². The summed E-state index contributed by atoms with van der Waals surface area (Å²) in [6.45, 7) is 4.59. The van der Waals surface area contributed by atoms with Crippen LogP contribution in [0.5, 0.6) is 0 Å². The molecule has 0 nitrogen and oxygen atoms in total. The van der Waals surface area contributed by atoms with Crippen LogP contribution in [-0.4, -0.2) is 5.38 Å². The molecule has 0 aliphatic carbocycles. The Balaban J connectivity index is 3.12. The van der Waals surface area contributed by atoms with Crippen molar-refractivity contribution < 1.29 is 0 Å². The second kappa shape index (κ2) is 26.3. The molecular formula is C28H57Cl. The number of unbranched alkanes of at least 4 members (excludes halogenated alkanes) is 21. The lowest BCUT2D eigenvalue weighted by Gasteiger charge is -2.09. The zero-order valence-electron chi connectivity index (χ0n) is 20.6. The molecule has 1 unspecified atom stereocenters. The molecule has 1 heteroatoms. The van der Waals surface area contributed by atoms with Crippen LogP contribution in [0.1, 0.15) is 174 Å². The summed E-state index contributed by atoms with van der Waals surface area (Å²) in [5.41, 5.74) is 0. The highest BCUT2D eigenvalue weighted by molar-refractivity contribution is 6.20. The molecule has 0 aliphatic rings. The van der Waals surface area contributed by atoms with Crippen molar-refractivity contribution in [3.8, 4) is 0 Å². The second-order valence-electron chi connectivity index (χ2n) is 9.60. The van der Waals surface area contributed by atoms with Gasteiger partial charge in [-0.05, 0) is 12.8 Å². The molecule has 0 aromatic carbocycles. The Morgan fingerprint density at radius 1 is 0.345 bits per heavy atom. The van der Waals surface area contributed by atoms with Crippen LogP contribution >= 0.6 is 11.6 Å². The number of alkyl halides is 1. The Kier molecular flexibility index (Phi) is 26.6. The first-order valence-corrected chi connectivity index (χ1v) is 14.4. The molecule has 0 amide bonds. The fraction of sp³-hybridized carbons (Fsp3) is 1.00. The molecule has 0 radical (unpaired) electrons. The maximum atomic E-state index is 6.54. The Morgan fingerprint density at radius 2 is 0.552 bits per heavy atom. The molecule has 0 fully saturated rings. The lowest BCUT2D eigenvalue weighted by atomic mass is 10.0. The first-order valence-electron chi connectivity index (χ1n) is 13.9. The first kappa shape index (κ1) is 29.3. The van der Waals surface area contributed by atoms with Gasteiger partial charge in [0.1, 0.15) is 0 Å². The van der Waals surface area contributed by atoms with Crippen molar-refractivity contribution >= 4 is 11.6 Å². The highest BCUT2D eigenvalue weighted by atomic mass is 35.5. The molecule has 176 valence electrons. The van der Waals surface area contributed by atoms with Crippen LogP contribution in [0, 0.1) is 0 Å². The Hall–Kier alpha value is 0.290. The van der Waals surface area contributed by atoms with Gasteiger partial charge in [-0.25, -0.2) is 0 Å². The molecule has 0 aromatic heterocycles. The Morgan fingerprint density at radius 3 is 0.793 bits per heavy atom. The van der Waals surface area contributed by atoms with Crippen molar-refractivity contribution in [1.29, 1.82) is 0 Å². The summed E-state index contributed by atoms with van der Waals surface area (Å²) in [4.78, 5) is 0. The molecule has 0 saturated carbocycles. The van der Waals surface area contributed by atoms with Gasteiger partial charge in [0.05, 0.1) is 0 Å². The van der Waals surface area contributed by atoms with E-state index in [2.05, 4.69) is 13.8 Å². The number of hydrogen-bond donors (Lipinski definition) is 0. The Labute approximate surface area is 191 Å². The number of rotatable bonds is 25. The van der Waals surface area contributed by atoms with E-state index in [1.54, 1.807) is 0 Å². The van der Waals surface area contributed by atoms with Crippen LogP contribution in [0.4, 0.5) is 0 Å². The molecule has 0 bridgehead atoms. The van der Waals surface area contributed by atoms with Crippen molar-refractivity contribution in [1.82, 2.24) is 0 Å². The van der Waals surface area contributed by atoms with E-state index < -0.39 is 0 Å². The summed E-state index contributed by atoms with van der Waals surface area (Å²) in [6, 6.07) is 0. The summed E-state index contributed by atoms with van der Waals surface area (Å²) in [5, 5.41) is 0.441. The fourth-order valence-electron chi connectivity index (χ4n) is 4.38. The van der Waals surface area contributed by atoms with Crippen molar-refractivity contribution in [2.45, 2.75) is 180 Å². The molecular weight excluding hydrogens is 372 g/mol. The third-order valence-electron chi connectivity index (χ3n) is 6.49. The molecule has 29 heavy (non-hydrogen) atoms. The van der Waals surface area contributed by atoms with Crippen LogP contribution < -0.4 is 0 Å². The van der Waals surface area contributed by atoms with Gasteiger partial charge in [-0.15, -0.1) is 11.6 Å². The van der Waals surface area contributed by atoms with Gasteiger partial charge in [0.25, 0.3) is 0 Å². The molecule has 0 saturated heterocycles. The summed E-state index contributed by atoms with van der Waals surface area (Å²) < 4.78 is 0. The monoisotopic (exact) mass is 428 g/mol. The minimum Gasteiger partial charge on any atom is -0.123 e. The van der Waals surface area contributed by atoms with Crippen molar-refractivity contribution in [2.24, 2.45) is 0 Å². The zero-order chi connectivity index (χ0) is 21.3. The summed E-state index contributed by atoms with van der Waals surface area (Å²) >= 11 is 6.54. The lowest BCUT2D eigenvalue weighted by Crippen LogP contribution is -1.98. The van der Waals surface area contributed by atoms with Gasteiger partial charge in [-0.2, -0.15) is 0 Å². The van der Waals surface area contributed by atoms with Crippen LogP contribution in [0.3, 0.4) is 0 Å². The normalized spacial score (nSPS) is 12.5. The van der Waals surface area contributed by atoms with Crippen molar-refractivity contribution in [2.75, 3.05) is 0 Å². The molecule has 1 atom stereocenters. The van der Waals surface area contributed by atoms with Gasteiger partial charge in [0, 0.05) is 5.38 Å². The quantitative estimate of drug-likeness (QED) is 0.100. The van der Waals surface area contributed by atoms with Gasteiger partial charge in [0.2, 0.25) is 0 Å². The van der Waals surface area contributed by atoms with Crippen LogP contribution in [-0.2, 0) is 0 Å². The van der Waals surface area contributed by atoms with Gasteiger partial charge in [0.15, 0.2) is 0 Å². The van der Waals surface area contributed by atoms with Crippen LogP contribution in [0.2, 0.25) is 0 Å². The fourth-order valence-corrected chi connectivity index (χ4v) is 4.69. The third-order valence-corrected chi connectivity index (χ3v) is 6.93. The maximum Gasteiger partial charge on any atom is 0.0336 e. The van der Waals surface area contributed by atoms with Crippen molar-refractivity contribution in [3.63, 3.8) is 0 Å². The van der Waals surface area contributed by atoms with Gasteiger partial charge >= 0.3 is 0 Å². The minimum atomic E-state index is 0.441. The molecule has 0 aliphatic heterocycles. The standard InChI is InChI=1S/C28H57Cl/c1-3-5-7-9-11-13-15-17-19-21-23-25-27-28(29)26-24-22-20-18-16-14-12-10-8-6-4-2/h28H,3-27H2,1-2H3. The average molecular weight is 429 g/mol. The average Bonchev–Trinajstić information content (AvgIpc) is 2.72. The first-order chi connectivity index (χ1) is 14.3. The van der Waals surface area contributed by atoms with E-state index in [1.165, 1.54) is 161 Å². The van der Waals surface area contributed by atoms with Crippen LogP contribution in [0.25, 0.3) is 0 Å². The SMILES string of the molecule is CCCCCCCCCCCCCCC(Cl)CCCCCCCCCCCCC. The summed E-state index contributed by atoms with van der Waals surface area (Å²) in [5.74, 6) is 0. The van der Waals surface area contributed by atoms with E-state index in [0.717, 1.165) is 0 Å². The van der Waals surface area contributed by atoms with Crippen LogP contribution in [0.15, 0.2) is 0 Å². The molecule has 0 aromatic rings. The van der Waals surface area contributed by atoms with Gasteiger partial charge in [-0.1, -0.05) is 162 Å². The highest BCUT2D eigenvalue weighted by Gasteiger charge is 2.04. The zero-order valence-corrected chi connectivity index (χ0v) is 21.4. The van der Waals surface area contributed by atoms with E-state index in [1.807, 2.05) is 0 Å². The number of hydrogen-bond acceptors (Lipinski definition) is 0. The second-order valence-corrected chi connectivity index (χ2v) is 10.2. The van der Waals surface area contributed by atoms with Gasteiger partial charge < -0.3 is 0 Å². The largest absolute Gasteiger partial charge is 0.123 e. The molecule has 0 heterocycles. The van der Waals surface area contributed by atoms with Crippen molar-refractivity contribution in [3.05, 3.63) is 0 Å². The Bertz CT molecular complexity index is 275. The predicted molar refractivity (Wildman–Crippen MR) is 136 cm³/mol. The topological polar surface area (TPSA) is 0 Å². The van der Waals surface area contributed by atoms with E-state index in [9.17, 15) is 0 Å². The highest BCUT2D eigenvalue weighted by Crippen LogP contribution is 2.19. The molecule has 0 N–H and O–H groups in total. The van der Waals surface area contributed by atoms with Gasteiger partial charge in [-0.3, -0.25) is 0 Å². The van der Waals surface area contributed by atoms with E-state index >= 15 is 0 Å². The molecule has 0 spiro atoms.